The van der Waals surface area contributed by atoms with Crippen LogP contribution in [0, 0.1) is 5.92 Å². The predicted octanol–water partition coefficient (Wildman–Crippen LogP) is 0.718. The number of hydrogen-bond donors (Lipinski definition) is 8. The number of imidazole rings is 1. The van der Waals surface area contributed by atoms with E-state index in [-0.39, 0.29) is 31.6 Å². The van der Waals surface area contributed by atoms with Crippen molar-refractivity contribution in [1.29, 1.82) is 0 Å². The molecule has 0 saturated carbocycles. The van der Waals surface area contributed by atoms with Crippen molar-refractivity contribution in [3.8, 4) is 0 Å². The lowest BCUT2D eigenvalue weighted by Crippen LogP contribution is -2.57. The van der Waals surface area contributed by atoms with Gasteiger partial charge in [0.25, 0.3) is 0 Å². The Hall–Kier alpha value is -4.23. The number of fused-ring (bicyclic) bond motifs is 1. The summed E-state index contributed by atoms with van der Waals surface area (Å²) in [5.74, 6) is -2.89. The Kier molecular flexibility index (Phi) is 12.1. The highest BCUT2D eigenvalue weighted by atomic mass is 16.4. The summed E-state index contributed by atoms with van der Waals surface area (Å²) in [6.07, 6.45) is 6.79. The highest BCUT2D eigenvalue weighted by Crippen LogP contribution is 2.19. The zero-order chi connectivity index (χ0) is 30.6. The summed E-state index contributed by atoms with van der Waals surface area (Å²) < 4.78 is 0. The number of hydrogen-bond acceptors (Lipinski definition) is 7. The molecule has 3 aromatic rings. The van der Waals surface area contributed by atoms with Gasteiger partial charge in [-0.25, -0.2) is 9.78 Å². The number of carboxylic acid groups (broad SMARTS) is 1. The van der Waals surface area contributed by atoms with Crippen molar-refractivity contribution in [2.75, 3.05) is 6.54 Å². The molecule has 42 heavy (non-hydrogen) atoms. The van der Waals surface area contributed by atoms with Crippen LogP contribution in [0.5, 0.6) is 0 Å². The number of aliphatic carboxylic acids is 1. The number of amides is 3. The molecule has 3 amide bonds. The molecule has 0 spiro atoms. The molecule has 13 nitrogen and oxygen atoms in total. The highest BCUT2D eigenvalue weighted by Gasteiger charge is 2.31. The number of nitrogens with zero attached hydrogens (tertiary/aromatic N) is 1. The van der Waals surface area contributed by atoms with E-state index in [1.165, 1.54) is 6.33 Å². The molecule has 13 heteroatoms. The molecule has 10 N–H and O–H groups in total. The number of unbranched alkanes of at least 4 members (excludes halogenated alkanes) is 1. The average Bonchev–Trinajstić information content (AvgIpc) is 3.61. The van der Waals surface area contributed by atoms with Crippen LogP contribution in [-0.2, 0) is 32.0 Å². The lowest BCUT2D eigenvalue weighted by Gasteiger charge is -2.25. The van der Waals surface area contributed by atoms with Crippen molar-refractivity contribution < 1.29 is 24.3 Å². The molecule has 4 atom stereocenters. The minimum Gasteiger partial charge on any atom is -0.480 e. The summed E-state index contributed by atoms with van der Waals surface area (Å²) in [5, 5.41) is 18.7. The lowest BCUT2D eigenvalue weighted by atomic mass is 10.0. The number of para-hydroxylation sites is 1. The maximum Gasteiger partial charge on any atom is 0.326 e. The van der Waals surface area contributed by atoms with Gasteiger partial charge in [0.1, 0.15) is 18.1 Å². The normalized spacial score (nSPS) is 14.2. The number of rotatable bonds is 17. The topological polar surface area (TPSA) is 221 Å². The predicted molar refractivity (Wildman–Crippen MR) is 158 cm³/mol. The number of benzene rings is 1. The van der Waals surface area contributed by atoms with Crippen LogP contribution >= 0.6 is 0 Å². The first-order valence-electron chi connectivity index (χ1n) is 14.2. The van der Waals surface area contributed by atoms with E-state index in [1.807, 2.05) is 38.1 Å². The van der Waals surface area contributed by atoms with Crippen molar-refractivity contribution in [2.24, 2.45) is 17.4 Å². The van der Waals surface area contributed by atoms with E-state index in [1.54, 1.807) is 12.4 Å². The second-order valence-electron chi connectivity index (χ2n) is 10.9. The van der Waals surface area contributed by atoms with Crippen molar-refractivity contribution in [1.82, 2.24) is 30.9 Å². The zero-order valence-corrected chi connectivity index (χ0v) is 24.1. The molecule has 0 fully saturated rings. The largest absolute Gasteiger partial charge is 0.480 e. The van der Waals surface area contributed by atoms with Crippen molar-refractivity contribution in [2.45, 2.75) is 76.5 Å². The van der Waals surface area contributed by atoms with Crippen LogP contribution in [0.1, 0.15) is 50.8 Å². The van der Waals surface area contributed by atoms with E-state index in [2.05, 4.69) is 30.9 Å². The molecule has 0 aliphatic rings. The Balaban J connectivity index is 1.82. The lowest BCUT2D eigenvalue weighted by molar-refractivity contribution is -0.142. The van der Waals surface area contributed by atoms with Gasteiger partial charge in [-0.3, -0.25) is 14.4 Å². The summed E-state index contributed by atoms with van der Waals surface area (Å²) >= 11 is 0. The van der Waals surface area contributed by atoms with Crippen LogP contribution < -0.4 is 27.4 Å². The number of H-pyrrole nitrogens is 2. The molecule has 3 rings (SSSR count). The van der Waals surface area contributed by atoms with E-state index in [0.29, 0.717) is 25.1 Å². The summed E-state index contributed by atoms with van der Waals surface area (Å²) in [6.45, 7) is 4.14. The Labute approximate surface area is 244 Å². The van der Waals surface area contributed by atoms with Crippen LogP contribution in [0.2, 0.25) is 0 Å². The zero-order valence-electron chi connectivity index (χ0n) is 24.1. The summed E-state index contributed by atoms with van der Waals surface area (Å²) in [7, 11) is 0. The summed E-state index contributed by atoms with van der Waals surface area (Å²) in [5.41, 5.74) is 14.0. The van der Waals surface area contributed by atoms with Gasteiger partial charge < -0.3 is 42.5 Å². The van der Waals surface area contributed by atoms with Gasteiger partial charge in [-0.05, 0) is 49.8 Å². The van der Waals surface area contributed by atoms with E-state index < -0.39 is 47.9 Å². The molecule has 0 aliphatic carbocycles. The Bertz CT molecular complexity index is 1320. The van der Waals surface area contributed by atoms with Gasteiger partial charge in [0.05, 0.1) is 12.4 Å². The highest BCUT2D eigenvalue weighted by molar-refractivity contribution is 5.95. The third-order valence-corrected chi connectivity index (χ3v) is 6.96. The fraction of sp³-hybridized carbons (Fsp3) is 0.483. The number of carboxylic acids is 1. The van der Waals surface area contributed by atoms with Crippen LogP contribution in [-0.4, -0.2) is 74.5 Å². The molecule has 0 saturated heterocycles. The number of nitrogens with two attached hydrogens (primary N) is 2. The van der Waals surface area contributed by atoms with Gasteiger partial charge >= 0.3 is 5.97 Å². The van der Waals surface area contributed by atoms with Gasteiger partial charge in [0.2, 0.25) is 17.7 Å². The van der Waals surface area contributed by atoms with E-state index in [0.717, 1.165) is 16.5 Å². The molecule has 0 radical (unpaired) electrons. The van der Waals surface area contributed by atoms with Gasteiger partial charge in [-0.1, -0.05) is 32.0 Å². The molecule has 4 unspecified atom stereocenters. The smallest absolute Gasteiger partial charge is 0.326 e. The number of aromatic amines is 2. The second kappa shape index (κ2) is 15.7. The van der Waals surface area contributed by atoms with Crippen LogP contribution in [0.3, 0.4) is 0 Å². The summed E-state index contributed by atoms with van der Waals surface area (Å²) in [6, 6.07) is 3.38. The minimum atomic E-state index is -1.16. The average molecular weight is 583 g/mol. The Morgan fingerprint density at radius 3 is 2.29 bits per heavy atom. The van der Waals surface area contributed by atoms with Crippen LogP contribution in [0.25, 0.3) is 10.9 Å². The Morgan fingerprint density at radius 2 is 1.62 bits per heavy atom. The third-order valence-electron chi connectivity index (χ3n) is 6.96. The molecule has 1 aromatic carbocycles. The second-order valence-corrected chi connectivity index (χ2v) is 10.9. The third kappa shape index (κ3) is 9.42. The SMILES string of the molecule is CC(C)CC(NC(=O)C(Cc1c[nH]c2ccccc12)NC(=O)C(CCCCN)NC(=O)C(N)Cc1cnc[nH]1)C(=O)O. The maximum atomic E-state index is 13.6. The van der Waals surface area contributed by atoms with Crippen molar-refractivity contribution >= 4 is 34.6 Å². The first-order valence-corrected chi connectivity index (χ1v) is 14.2. The standard InChI is InChI=1S/C29H42N8O5/c1-17(2)11-25(29(41)42)37-28(40)24(12-18-14-33-22-8-4-3-7-20(18)22)36-27(39)23(9-5-6-10-30)35-26(38)21(31)13-19-15-32-16-34-19/h3-4,7-8,14-17,21,23-25,33H,5-6,9-13,30-31H2,1-2H3,(H,32,34)(H,35,38)(H,36,39)(H,37,40)(H,41,42). The van der Waals surface area contributed by atoms with E-state index in [9.17, 15) is 24.3 Å². The van der Waals surface area contributed by atoms with E-state index in [4.69, 9.17) is 11.5 Å². The van der Waals surface area contributed by atoms with Gasteiger partial charge in [-0.2, -0.15) is 0 Å². The fourth-order valence-corrected chi connectivity index (χ4v) is 4.73. The summed E-state index contributed by atoms with van der Waals surface area (Å²) in [4.78, 5) is 61.9. The fourth-order valence-electron chi connectivity index (χ4n) is 4.73. The van der Waals surface area contributed by atoms with Crippen molar-refractivity contribution in [3.05, 3.63) is 54.2 Å². The van der Waals surface area contributed by atoms with Gasteiger partial charge in [0, 0.05) is 41.8 Å². The number of carbonyl (C=O) groups is 4. The van der Waals surface area contributed by atoms with Crippen LogP contribution in [0.4, 0.5) is 0 Å². The number of aromatic nitrogens is 3. The monoisotopic (exact) mass is 582 g/mol. The molecule has 228 valence electrons. The Morgan fingerprint density at radius 1 is 0.929 bits per heavy atom. The molecular formula is C29H42N8O5. The molecule has 2 aromatic heterocycles. The van der Waals surface area contributed by atoms with Gasteiger partial charge in [0.15, 0.2) is 0 Å². The first kappa shape index (κ1) is 32.3. The first-order chi connectivity index (χ1) is 20.1. The van der Waals surface area contributed by atoms with Crippen molar-refractivity contribution in [3.63, 3.8) is 0 Å². The molecule has 2 heterocycles. The molecule has 0 bridgehead atoms. The quantitative estimate of drug-likeness (QED) is 0.106. The maximum absolute atomic E-state index is 13.6. The minimum absolute atomic E-state index is 0.0150. The van der Waals surface area contributed by atoms with E-state index >= 15 is 0 Å². The van der Waals surface area contributed by atoms with Gasteiger partial charge in [-0.15, -0.1) is 0 Å². The van der Waals surface area contributed by atoms with Crippen LogP contribution in [0.15, 0.2) is 43.0 Å². The molecule has 0 aliphatic heterocycles. The molecular weight excluding hydrogens is 540 g/mol. The number of nitrogens with one attached hydrogen (secondary N) is 5. The number of carbonyl (C=O) groups excluding carboxylic acids is 3.